The molecule has 1 N–H and O–H groups in total. The molecule has 0 bridgehead atoms. The Labute approximate surface area is 180 Å². The van der Waals surface area contributed by atoms with E-state index in [1.54, 1.807) is 18.2 Å². The Balaban J connectivity index is 2.01. The average Bonchev–Trinajstić information content (AvgIpc) is 2.83. The summed E-state index contributed by atoms with van der Waals surface area (Å²) in [5.74, 6) is 0.515. The molecule has 29 heavy (non-hydrogen) atoms. The predicted octanol–water partition coefficient (Wildman–Crippen LogP) is 7.27. The molecule has 0 spiro atoms. The standard InChI is InChI=1S/C20H15Cl3F3N3/c21-11-7-8-16(13(10-11)20(24,25)26)29-19-12(4-1-2-9-27-19)18(28-29)17-14(22)5-3-6-15(17)23/h3,5-8,10,27H,1-2,4,9H2. The van der Waals surface area contributed by atoms with Crippen LogP contribution in [0.25, 0.3) is 16.9 Å². The molecule has 0 fully saturated rings. The van der Waals surface area contributed by atoms with Crippen molar-refractivity contribution in [3.05, 3.63) is 62.6 Å². The lowest BCUT2D eigenvalue weighted by atomic mass is 10.0. The van der Waals surface area contributed by atoms with E-state index in [1.807, 2.05) is 0 Å². The van der Waals surface area contributed by atoms with Gasteiger partial charge < -0.3 is 5.32 Å². The smallest absolute Gasteiger partial charge is 0.370 e. The summed E-state index contributed by atoms with van der Waals surface area (Å²) in [6.45, 7) is 0.628. The number of rotatable bonds is 2. The van der Waals surface area contributed by atoms with Crippen LogP contribution in [0.5, 0.6) is 0 Å². The van der Waals surface area contributed by atoms with Crippen LogP contribution in [0.3, 0.4) is 0 Å². The second-order valence-electron chi connectivity index (χ2n) is 6.73. The molecule has 1 aliphatic heterocycles. The predicted molar refractivity (Wildman–Crippen MR) is 110 cm³/mol. The van der Waals surface area contributed by atoms with E-state index in [-0.39, 0.29) is 10.7 Å². The average molecular weight is 461 g/mol. The zero-order chi connectivity index (χ0) is 20.8. The maximum atomic E-state index is 13.7. The molecule has 4 rings (SSSR count). The summed E-state index contributed by atoms with van der Waals surface area (Å²) in [6, 6.07) is 8.72. The summed E-state index contributed by atoms with van der Waals surface area (Å²) in [5.41, 5.74) is 0.811. The van der Waals surface area contributed by atoms with Crippen LogP contribution in [0.15, 0.2) is 36.4 Å². The van der Waals surface area contributed by atoms with Gasteiger partial charge in [0.2, 0.25) is 0 Å². The van der Waals surface area contributed by atoms with Gasteiger partial charge in [-0.25, -0.2) is 4.68 Å². The molecule has 1 aromatic heterocycles. The number of benzene rings is 2. The molecule has 0 unspecified atom stereocenters. The highest BCUT2D eigenvalue weighted by Gasteiger charge is 2.36. The first kappa shape index (κ1) is 20.4. The van der Waals surface area contributed by atoms with Crippen molar-refractivity contribution in [1.82, 2.24) is 9.78 Å². The Morgan fingerprint density at radius 1 is 1.00 bits per heavy atom. The Morgan fingerprint density at radius 3 is 2.41 bits per heavy atom. The Bertz CT molecular complexity index is 1060. The summed E-state index contributed by atoms with van der Waals surface area (Å²) in [7, 11) is 0. The Kier molecular flexibility index (Phi) is 5.44. The lowest BCUT2D eigenvalue weighted by molar-refractivity contribution is -0.137. The maximum absolute atomic E-state index is 13.7. The van der Waals surface area contributed by atoms with Crippen molar-refractivity contribution in [3.63, 3.8) is 0 Å². The van der Waals surface area contributed by atoms with Crippen molar-refractivity contribution >= 4 is 40.6 Å². The van der Waals surface area contributed by atoms with Crippen LogP contribution in [-0.2, 0) is 12.6 Å². The van der Waals surface area contributed by atoms with Crippen LogP contribution in [0.2, 0.25) is 15.1 Å². The molecule has 0 saturated heterocycles. The SMILES string of the molecule is FC(F)(F)c1cc(Cl)ccc1-n1nc(-c2c(Cl)cccc2Cl)c2c1NCCCC2. The van der Waals surface area contributed by atoms with E-state index < -0.39 is 11.7 Å². The summed E-state index contributed by atoms with van der Waals surface area (Å²) < 4.78 is 42.5. The van der Waals surface area contributed by atoms with Crippen molar-refractivity contribution < 1.29 is 13.2 Å². The largest absolute Gasteiger partial charge is 0.418 e. The Hall–Kier alpha value is -1.89. The molecular weight excluding hydrogens is 446 g/mol. The van der Waals surface area contributed by atoms with E-state index in [2.05, 4.69) is 10.4 Å². The first-order valence-electron chi connectivity index (χ1n) is 8.94. The van der Waals surface area contributed by atoms with Gasteiger partial charge in [-0.15, -0.1) is 0 Å². The number of hydrogen-bond acceptors (Lipinski definition) is 2. The minimum atomic E-state index is -4.59. The van der Waals surface area contributed by atoms with Crippen LogP contribution in [-0.4, -0.2) is 16.3 Å². The first-order valence-corrected chi connectivity index (χ1v) is 10.1. The minimum absolute atomic E-state index is 0.00153. The van der Waals surface area contributed by atoms with Crippen molar-refractivity contribution in [2.24, 2.45) is 0 Å². The fourth-order valence-electron chi connectivity index (χ4n) is 3.52. The van der Waals surface area contributed by atoms with Crippen LogP contribution >= 0.6 is 34.8 Å². The Morgan fingerprint density at radius 2 is 1.72 bits per heavy atom. The molecule has 152 valence electrons. The fourth-order valence-corrected chi connectivity index (χ4v) is 4.27. The van der Waals surface area contributed by atoms with Gasteiger partial charge in [0.1, 0.15) is 11.5 Å². The summed E-state index contributed by atoms with van der Waals surface area (Å²) in [6.07, 6.45) is -2.19. The number of aromatic nitrogens is 2. The van der Waals surface area contributed by atoms with E-state index in [1.165, 1.54) is 16.8 Å². The summed E-state index contributed by atoms with van der Waals surface area (Å²) >= 11 is 18.6. The number of alkyl halides is 3. The maximum Gasteiger partial charge on any atom is 0.418 e. The van der Waals surface area contributed by atoms with Crippen molar-refractivity contribution in [2.75, 3.05) is 11.9 Å². The van der Waals surface area contributed by atoms with Gasteiger partial charge in [0.25, 0.3) is 0 Å². The molecule has 0 radical (unpaired) electrons. The van der Waals surface area contributed by atoms with Gasteiger partial charge in [-0.3, -0.25) is 0 Å². The van der Waals surface area contributed by atoms with Gasteiger partial charge >= 0.3 is 6.18 Å². The van der Waals surface area contributed by atoms with E-state index in [0.717, 1.165) is 24.5 Å². The van der Waals surface area contributed by atoms with E-state index in [4.69, 9.17) is 34.8 Å². The molecule has 3 nitrogen and oxygen atoms in total. The highest BCUT2D eigenvalue weighted by Crippen LogP contribution is 2.42. The molecule has 2 heterocycles. The van der Waals surface area contributed by atoms with Crippen molar-refractivity contribution in [1.29, 1.82) is 0 Å². The van der Waals surface area contributed by atoms with E-state index in [0.29, 0.717) is 40.1 Å². The van der Waals surface area contributed by atoms with Gasteiger partial charge in [0, 0.05) is 22.7 Å². The highest BCUT2D eigenvalue weighted by atomic mass is 35.5. The third kappa shape index (κ3) is 3.81. The lowest BCUT2D eigenvalue weighted by Gasteiger charge is -2.16. The first-order chi connectivity index (χ1) is 13.8. The third-order valence-electron chi connectivity index (χ3n) is 4.82. The van der Waals surface area contributed by atoms with Crippen LogP contribution in [0.4, 0.5) is 19.0 Å². The second kappa shape index (κ2) is 7.74. The van der Waals surface area contributed by atoms with E-state index in [9.17, 15) is 13.2 Å². The fraction of sp³-hybridized carbons (Fsp3) is 0.250. The number of anilines is 1. The lowest BCUT2D eigenvalue weighted by Crippen LogP contribution is -2.14. The zero-order valence-corrected chi connectivity index (χ0v) is 17.2. The minimum Gasteiger partial charge on any atom is -0.370 e. The summed E-state index contributed by atoms with van der Waals surface area (Å²) in [5, 5.41) is 8.55. The summed E-state index contributed by atoms with van der Waals surface area (Å²) in [4.78, 5) is 0. The zero-order valence-electron chi connectivity index (χ0n) is 15.0. The third-order valence-corrected chi connectivity index (χ3v) is 5.69. The number of hydrogen-bond donors (Lipinski definition) is 1. The van der Waals surface area contributed by atoms with Crippen molar-refractivity contribution in [3.8, 4) is 16.9 Å². The van der Waals surface area contributed by atoms with Crippen LogP contribution in [0, 0.1) is 0 Å². The normalized spacial score (nSPS) is 14.3. The van der Waals surface area contributed by atoms with Crippen LogP contribution < -0.4 is 5.32 Å². The number of halogens is 6. The molecule has 0 saturated carbocycles. The molecule has 0 amide bonds. The molecule has 3 aromatic rings. The van der Waals surface area contributed by atoms with Gasteiger partial charge in [-0.2, -0.15) is 18.3 Å². The van der Waals surface area contributed by atoms with Gasteiger partial charge in [-0.05, 0) is 49.6 Å². The number of nitrogens with zero attached hydrogens (tertiary/aromatic N) is 2. The second-order valence-corrected chi connectivity index (χ2v) is 7.98. The van der Waals surface area contributed by atoms with Gasteiger partial charge in [-0.1, -0.05) is 40.9 Å². The molecule has 0 aliphatic carbocycles. The molecule has 1 aliphatic rings. The molecule has 0 atom stereocenters. The molecule has 9 heteroatoms. The topological polar surface area (TPSA) is 29.9 Å². The highest BCUT2D eigenvalue weighted by molar-refractivity contribution is 6.39. The van der Waals surface area contributed by atoms with Gasteiger partial charge in [0.05, 0.1) is 21.3 Å². The van der Waals surface area contributed by atoms with Gasteiger partial charge in [0.15, 0.2) is 0 Å². The quantitative estimate of drug-likeness (QED) is 0.436. The monoisotopic (exact) mass is 459 g/mol. The number of fused-ring (bicyclic) bond motifs is 1. The van der Waals surface area contributed by atoms with E-state index >= 15 is 0 Å². The molecule has 2 aromatic carbocycles. The van der Waals surface area contributed by atoms with Crippen LogP contribution in [0.1, 0.15) is 24.0 Å². The van der Waals surface area contributed by atoms with Crippen molar-refractivity contribution in [2.45, 2.75) is 25.4 Å². The number of nitrogens with one attached hydrogen (secondary N) is 1. The molecular formula is C20H15Cl3F3N3.